The van der Waals surface area contributed by atoms with E-state index < -0.39 is 0 Å². The van der Waals surface area contributed by atoms with Crippen LogP contribution in [0.4, 0.5) is 0 Å². The van der Waals surface area contributed by atoms with E-state index in [0.29, 0.717) is 18.0 Å². The number of ether oxygens (including phenoxy) is 1. The monoisotopic (exact) mass is 282 g/mol. The second-order valence-corrected chi connectivity index (χ2v) is 5.44. The third-order valence-corrected chi connectivity index (χ3v) is 3.33. The first-order valence-corrected chi connectivity index (χ1v) is 6.88. The van der Waals surface area contributed by atoms with Gasteiger partial charge >= 0.3 is 0 Å². The van der Waals surface area contributed by atoms with Crippen molar-refractivity contribution in [2.75, 3.05) is 13.1 Å². The summed E-state index contributed by atoms with van der Waals surface area (Å²) in [5, 5.41) is 0.653. The smallest absolute Gasteiger partial charge is 0.224 e. The fraction of sp³-hybridized carbons (Fsp3) is 0.500. The number of halogens is 1. The van der Waals surface area contributed by atoms with Gasteiger partial charge in [-0.3, -0.25) is 4.79 Å². The van der Waals surface area contributed by atoms with Crippen LogP contribution in [0.3, 0.4) is 0 Å². The average molecular weight is 283 g/mol. The molecule has 1 aromatic rings. The molecule has 4 nitrogen and oxygen atoms in total. The van der Waals surface area contributed by atoms with Crippen molar-refractivity contribution in [3.8, 4) is 5.75 Å². The molecule has 2 rings (SSSR count). The van der Waals surface area contributed by atoms with E-state index in [0.717, 1.165) is 18.7 Å². The van der Waals surface area contributed by atoms with E-state index in [4.69, 9.17) is 22.1 Å². The van der Waals surface area contributed by atoms with Gasteiger partial charge in [-0.2, -0.15) is 0 Å². The van der Waals surface area contributed by atoms with E-state index in [1.807, 2.05) is 30.0 Å². The van der Waals surface area contributed by atoms with Crippen molar-refractivity contribution in [1.29, 1.82) is 0 Å². The van der Waals surface area contributed by atoms with Crippen LogP contribution in [0.1, 0.15) is 19.8 Å². The van der Waals surface area contributed by atoms with Crippen LogP contribution in [0.5, 0.6) is 5.75 Å². The number of carbonyl (C=O) groups excluding carboxylic acids is 1. The number of hydrogen-bond acceptors (Lipinski definition) is 3. The molecule has 1 fully saturated rings. The van der Waals surface area contributed by atoms with Crippen molar-refractivity contribution in [3.63, 3.8) is 0 Å². The number of hydrogen-bond donors (Lipinski definition) is 1. The zero-order valence-corrected chi connectivity index (χ0v) is 11.8. The summed E-state index contributed by atoms with van der Waals surface area (Å²) in [6.07, 6.45) is 1.27. The van der Waals surface area contributed by atoms with Crippen LogP contribution in [0.25, 0.3) is 0 Å². The van der Waals surface area contributed by atoms with Gasteiger partial charge in [0.15, 0.2) is 0 Å². The van der Waals surface area contributed by atoms with Gasteiger partial charge in [0.25, 0.3) is 0 Å². The van der Waals surface area contributed by atoms with Crippen molar-refractivity contribution in [3.05, 3.63) is 29.3 Å². The molecule has 1 heterocycles. The summed E-state index contributed by atoms with van der Waals surface area (Å²) in [5.74, 6) is 0.853. The van der Waals surface area contributed by atoms with Gasteiger partial charge in [0.2, 0.25) is 5.91 Å². The fourth-order valence-electron chi connectivity index (χ4n) is 2.19. The van der Waals surface area contributed by atoms with E-state index in [9.17, 15) is 4.79 Å². The Labute approximate surface area is 118 Å². The lowest BCUT2D eigenvalue weighted by Crippen LogP contribution is -2.34. The first-order chi connectivity index (χ1) is 9.04. The Hall–Kier alpha value is -1.26. The van der Waals surface area contributed by atoms with Crippen LogP contribution >= 0.6 is 11.6 Å². The Morgan fingerprint density at radius 3 is 3.11 bits per heavy atom. The average Bonchev–Trinajstić information content (AvgIpc) is 2.76. The molecule has 2 atom stereocenters. The van der Waals surface area contributed by atoms with Gasteiger partial charge in [-0.25, -0.2) is 0 Å². The lowest BCUT2D eigenvalue weighted by Gasteiger charge is -2.18. The standard InChI is InChI=1S/C14H19ClN2O2/c1-10(16)7-14(18)17-6-5-13(9-17)19-12-4-2-3-11(15)8-12/h2-4,8,10,13H,5-7,9,16H2,1H3. The van der Waals surface area contributed by atoms with Gasteiger partial charge in [0.1, 0.15) is 11.9 Å². The largest absolute Gasteiger partial charge is 0.488 e. The SMILES string of the molecule is CC(N)CC(=O)N1CCC(Oc2cccc(Cl)c2)C1. The number of carbonyl (C=O) groups is 1. The van der Waals surface area contributed by atoms with Crippen molar-refractivity contribution in [2.45, 2.75) is 31.9 Å². The van der Waals surface area contributed by atoms with Gasteiger partial charge in [-0.05, 0) is 25.1 Å². The molecule has 1 amide bonds. The normalized spacial score (nSPS) is 20.4. The highest BCUT2D eigenvalue weighted by Gasteiger charge is 2.27. The molecule has 0 saturated carbocycles. The quantitative estimate of drug-likeness (QED) is 0.920. The van der Waals surface area contributed by atoms with E-state index in [2.05, 4.69) is 0 Å². The zero-order valence-electron chi connectivity index (χ0n) is 11.0. The molecular formula is C14H19ClN2O2. The minimum Gasteiger partial charge on any atom is -0.488 e. The third kappa shape index (κ3) is 4.11. The summed E-state index contributed by atoms with van der Waals surface area (Å²) in [6.45, 7) is 3.20. The summed E-state index contributed by atoms with van der Waals surface area (Å²) >= 11 is 5.91. The molecule has 1 aliphatic heterocycles. The molecule has 0 bridgehead atoms. The Balaban J connectivity index is 1.87. The Bertz CT molecular complexity index is 451. The van der Waals surface area contributed by atoms with Crippen molar-refractivity contribution >= 4 is 17.5 Å². The minimum atomic E-state index is -0.0969. The number of nitrogens with two attached hydrogens (primary N) is 1. The summed E-state index contributed by atoms with van der Waals surface area (Å²) in [7, 11) is 0. The summed E-state index contributed by atoms with van der Waals surface area (Å²) < 4.78 is 5.83. The van der Waals surface area contributed by atoms with Gasteiger partial charge in [-0.15, -0.1) is 0 Å². The van der Waals surface area contributed by atoms with Crippen molar-refractivity contribution < 1.29 is 9.53 Å². The number of rotatable bonds is 4. The van der Waals surface area contributed by atoms with Crippen LogP contribution < -0.4 is 10.5 Å². The minimum absolute atomic E-state index is 0.0375. The first kappa shape index (κ1) is 14.2. The molecule has 19 heavy (non-hydrogen) atoms. The zero-order chi connectivity index (χ0) is 13.8. The van der Waals surface area contributed by atoms with Crippen molar-refractivity contribution in [2.24, 2.45) is 5.73 Å². The van der Waals surface area contributed by atoms with Crippen LogP contribution in [0, 0.1) is 0 Å². The number of amides is 1. The Morgan fingerprint density at radius 2 is 2.42 bits per heavy atom. The molecule has 2 unspecified atom stereocenters. The predicted molar refractivity (Wildman–Crippen MR) is 75.3 cm³/mol. The maximum absolute atomic E-state index is 11.9. The molecule has 0 aromatic heterocycles. The molecule has 1 aromatic carbocycles. The van der Waals surface area contributed by atoms with Gasteiger partial charge in [0.05, 0.1) is 6.54 Å². The molecule has 0 radical (unpaired) electrons. The molecule has 5 heteroatoms. The van der Waals surface area contributed by atoms with E-state index in [1.54, 1.807) is 6.07 Å². The number of nitrogens with zero attached hydrogens (tertiary/aromatic N) is 1. The van der Waals surface area contributed by atoms with Crippen LogP contribution in [0.2, 0.25) is 5.02 Å². The number of benzene rings is 1. The second kappa shape index (κ2) is 6.26. The molecule has 104 valence electrons. The Morgan fingerprint density at radius 1 is 1.63 bits per heavy atom. The van der Waals surface area contributed by atoms with Gasteiger partial charge in [-0.1, -0.05) is 17.7 Å². The molecule has 1 saturated heterocycles. The summed E-state index contributed by atoms with van der Waals surface area (Å²) in [5.41, 5.74) is 5.64. The number of likely N-dealkylation sites (tertiary alicyclic amines) is 1. The van der Waals surface area contributed by atoms with Gasteiger partial charge < -0.3 is 15.4 Å². The van der Waals surface area contributed by atoms with Crippen LogP contribution in [-0.2, 0) is 4.79 Å². The highest BCUT2D eigenvalue weighted by Crippen LogP contribution is 2.22. The van der Waals surface area contributed by atoms with E-state index in [-0.39, 0.29) is 18.1 Å². The molecular weight excluding hydrogens is 264 g/mol. The third-order valence-electron chi connectivity index (χ3n) is 3.09. The second-order valence-electron chi connectivity index (χ2n) is 5.01. The fourth-order valence-corrected chi connectivity index (χ4v) is 2.37. The Kier molecular flexibility index (Phi) is 4.66. The van der Waals surface area contributed by atoms with E-state index in [1.165, 1.54) is 0 Å². The molecule has 1 aliphatic rings. The highest BCUT2D eigenvalue weighted by atomic mass is 35.5. The molecule has 0 spiro atoms. The molecule has 2 N–H and O–H groups in total. The predicted octanol–water partition coefficient (Wildman–Crippen LogP) is 2.06. The summed E-state index contributed by atoms with van der Waals surface area (Å²) in [4.78, 5) is 13.7. The lowest BCUT2D eigenvalue weighted by atomic mass is 10.2. The van der Waals surface area contributed by atoms with Crippen LogP contribution in [0.15, 0.2) is 24.3 Å². The first-order valence-electron chi connectivity index (χ1n) is 6.50. The topological polar surface area (TPSA) is 55.6 Å². The van der Waals surface area contributed by atoms with Crippen molar-refractivity contribution in [1.82, 2.24) is 4.90 Å². The van der Waals surface area contributed by atoms with Gasteiger partial charge in [0, 0.05) is 30.5 Å². The lowest BCUT2D eigenvalue weighted by molar-refractivity contribution is -0.130. The maximum atomic E-state index is 11.9. The highest BCUT2D eigenvalue weighted by molar-refractivity contribution is 6.30. The van der Waals surface area contributed by atoms with Crippen LogP contribution in [-0.4, -0.2) is 36.0 Å². The maximum Gasteiger partial charge on any atom is 0.224 e. The summed E-state index contributed by atoms with van der Waals surface area (Å²) in [6, 6.07) is 7.22. The van der Waals surface area contributed by atoms with E-state index >= 15 is 0 Å². The molecule has 0 aliphatic carbocycles.